The van der Waals surface area contributed by atoms with E-state index >= 15 is 0 Å². The maximum Gasteiger partial charge on any atom is 0.258 e. The van der Waals surface area contributed by atoms with Crippen LogP contribution in [0.4, 0.5) is 0 Å². The Kier molecular flexibility index (Phi) is 7.05. The molecule has 37 heavy (non-hydrogen) atoms. The van der Waals surface area contributed by atoms with E-state index in [1.54, 1.807) is 29.2 Å². The number of pyridine rings is 2. The van der Waals surface area contributed by atoms with Crippen LogP contribution < -0.4 is 10.3 Å². The Hall–Kier alpha value is -3.60. The molecule has 1 aliphatic heterocycles. The van der Waals surface area contributed by atoms with Crippen molar-refractivity contribution in [2.75, 3.05) is 6.61 Å². The van der Waals surface area contributed by atoms with Crippen molar-refractivity contribution in [3.05, 3.63) is 94.7 Å². The van der Waals surface area contributed by atoms with Gasteiger partial charge in [0.25, 0.3) is 5.56 Å². The fraction of sp³-hybridized carbons (Fsp3) is 0.286. The van der Waals surface area contributed by atoms with Gasteiger partial charge in [0.05, 0.1) is 13.2 Å². The minimum Gasteiger partial charge on any atom is -0.462 e. The molecule has 0 saturated carbocycles. The standard InChI is InChI=1S/C28H28N2O7/c1-16-12-19(4-5-22(16)36-28-26(34)25(33)24(32)23(15-31)37-28)20-3-2-18-8-11-30(27(35)21(18)13-20)14-17-6-9-29-10-7-17/h2-13,23-26,28,31-34H,14-15H2,1H3/t23-,24-,25+,26+,28+/m1/s1. The van der Waals surface area contributed by atoms with E-state index in [1.165, 1.54) is 0 Å². The van der Waals surface area contributed by atoms with Crippen LogP contribution in [0.2, 0.25) is 0 Å². The quantitative estimate of drug-likeness (QED) is 0.311. The highest BCUT2D eigenvalue weighted by Crippen LogP contribution is 2.30. The first-order valence-corrected chi connectivity index (χ1v) is 12.0. The number of fused-ring (bicyclic) bond motifs is 1. The SMILES string of the molecule is Cc1cc(-c2ccc3ccn(Cc4ccncc4)c(=O)c3c2)ccc1O[C@H]1O[C@H](CO)[C@@H](O)[C@H](O)[C@@H]1O. The number of benzene rings is 2. The molecule has 1 fully saturated rings. The Morgan fingerprint density at radius 1 is 0.946 bits per heavy atom. The molecule has 9 heteroatoms. The average molecular weight is 505 g/mol. The molecular formula is C28H28N2O7. The molecule has 192 valence electrons. The van der Waals surface area contributed by atoms with Crippen molar-refractivity contribution in [3.8, 4) is 16.9 Å². The maximum absolute atomic E-state index is 13.2. The highest BCUT2D eigenvalue weighted by Gasteiger charge is 2.44. The van der Waals surface area contributed by atoms with Gasteiger partial charge in [0.1, 0.15) is 30.2 Å². The van der Waals surface area contributed by atoms with Crippen LogP contribution in [-0.2, 0) is 11.3 Å². The van der Waals surface area contributed by atoms with Gasteiger partial charge in [0.2, 0.25) is 6.29 Å². The van der Waals surface area contributed by atoms with Crippen molar-refractivity contribution in [2.24, 2.45) is 0 Å². The second kappa shape index (κ2) is 10.4. The highest BCUT2D eigenvalue weighted by atomic mass is 16.7. The minimum absolute atomic E-state index is 0.0875. The Labute approximate surface area is 212 Å². The maximum atomic E-state index is 13.2. The van der Waals surface area contributed by atoms with Gasteiger partial charge in [-0.05, 0) is 71.0 Å². The molecule has 1 saturated heterocycles. The minimum atomic E-state index is -1.52. The summed E-state index contributed by atoms with van der Waals surface area (Å²) in [5.41, 5.74) is 3.35. The smallest absolute Gasteiger partial charge is 0.258 e. The second-order valence-electron chi connectivity index (χ2n) is 9.20. The Bertz CT molecular complexity index is 1450. The summed E-state index contributed by atoms with van der Waals surface area (Å²) in [6.07, 6.45) is -1.59. The van der Waals surface area contributed by atoms with Crippen LogP contribution >= 0.6 is 0 Å². The molecule has 4 aromatic rings. The lowest BCUT2D eigenvalue weighted by Gasteiger charge is -2.39. The summed E-state index contributed by atoms with van der Waals surface area (Å²) in [5.74, 6) is 0.411. The third-order valence-electron chi connectivity index (χ3n) is 6.68. The monoisotopic (exact) mass is 504 g/mol. The Morgan fingerprint density at radius 3 is 2.41 bits per heavy atom. The number of hydrogen-bond donors (Lipinski definition) is 4. The van der Waals surface area contributed by atoms with Crippen molar-refractivity contribution in [1.82, 2.24) is 9.55 Å². The van der Waals surface area contributed by atoms with Crippen molar-refractivity contribution in [3.63, 3.8) is 0 Å². The molecule has 4 N–H and O–H groups in total. The number of aliphatic hydroxyl groups is 4. The molecule has 0 bridgehead atoms. The molecular weight excluding hydrogens is 476 g/mol. The van der Waals surface area contributed by atoms with Crippen LogP contribution in [0.3, 0.4) is 0 Å². The number of nitrogens with zero attached hydrogens (tertiary/aromatic N) is 2. The summed E-state index contributed by atoms with van der Waals surface area (Å²) in [5, 5.41) is 41.1. The topological polar surface area (TPSA) is 134 Å². The van der Waals surface area contributed by atoms with E-state index in [2.05, 4.69) is 4.98 Å². The van der Waals surface area contributed by atoms with Gasteiger partial charge in [-0.3, -0.25) is 9.78 Å². The summed E-state index contributed by atoms with van der Waals surface area (Å²) < 4.78 is 12.9. The van der Waals surface area contributed by atoms with Crippen LogP contribution in [0.25, 0.3) is 21.9 Å². The summed E-state index contributed by atoms with van der Waals surface area (Å²) in [7, 11) is 0. The number of aryl methyl sites for hydroxylation is 1. The van der Waals surface area contributed by atoms with E-state index < -0.39 is 37.3 Å². The first-order chi connectivity index (χ1) is 17.9. The normalized spacial score (nSPS) is 23.8. The molecule has 0 unspecified atom stereocenters. The predicted octanol–water partition coefficient (Wildman–Crippen LogP) is 1.60. The number of ether oxygens (including phenoxy) is 2. The predicted molar refractivity (Wildman–Crippen MR) is 136 cm³/mol. The molecule has 5 rings (SSSR count). The third-order valence-corrected chi connectivity index (χ3v) is 6.68. The van der Waals surface area contributed by atoms with Gasteiger partial charge in [-0.25, -0.2) is 0 Å². The molecule has 0 amide bonds. The van der Waals surface area contributed by atoms with E-state index in [4.69, 9.17) is 9.47 Å². The number of aliphatic hydroxyl groups excluding tert-OH is 4. The van der Waals surface area contributed by atoms with Crippen molar-refractivity contribution < 1.29 is 29.9 Å². The zero-order chi connectivity index (χ0) is 26.1. The molecule has 0 aliphatic carbocycles. The zero-order valence-electron chi connectivity index (χ0n) is 20.1. The zero-order valence-corrected chi connectivity index (χ0v) is 20.1. The van der Waals surface area contributed by atoms with Crippen LogP contribution in [0.15, 0.2) is 78.0 Å². The lowest BCUT2D eigenvalue weighted by atomic mass is 9.99. The summed E-state index contributed by atoms with van der Waals surface area (Å²) >= 11 is 0. The van der Waals surface area contributed by atoms with Gasteiger partial charge in [0, 0.05) is 24.0 Å². The van der Waals surface area contributed by atoms with Gasteiger partial charge < -0.3 is 34.5 Å². The summed E-state index contributed by atoms with van der Waals surface area (Å²) in [6, 6.07) is 16.8. The Morgan fingerprint density at radius 2 is 1.68 bits per heavy atom. The molecule has 0 radical (unpaired) electrons. The summed E-state index contributed by atoms with van der Waals surface area (Å²) in [4.78, 5) is 17.2. The molecule has 3 heterocycles. The van der Waals surface area contributed by atoms with Crippen LogP contribution in [-0.4, -0.2) is 67.3 Å². The Balaban J connectivity index is 1.40. The van der Waals surface area contributed by atoms with Gasteiger partial charge >= 0.3 is 0 Å². The third kappa shape index (κ3) is 5.00. The molecule has 2 aromatic carbocycles. The average Bonchev–Trinajstić information content (AvgIpc) is 2.92. The van der Waals surface area contributed by atoms with Crippen molar-refractivity contribution in [2.45, 2.75) is 44.2 Å². The first-order valence-electron chi connectivity index (χ1n) is 12.0. The van der Waals surface area contributed by atoms with Gasteiger partial charge in [-0.15, -0.1) is 0 Å². The molecule has 9 nitrogen and oxygen atoms in total. The molecule has 0 spiro atoms. The number of rotatable bonds is 6. The van der Waals surface area contributed by atoms with E-state index in [-0.39, 0.29) is 5.56 Å². The highest BCUT2D eigenvalue weighted by molar-refractivity contribution is 5.86. The molecule has 1 aliphatic rings. The van der Waals surface area contributed by atoms with E-state index in [1.807, 2.05) is 55.5 Å². The molecule has 5 atom stereocenters. The van der Waals surface area contributed by atoms with E-state index in [9.17, 15) is 25.2 Å². The van der Waals surface area contributed by atoms with Gasteiger partial charge in [-0.2, -0.15) is 0 Å². The fourth-order valence-electron chi connectivity index (χ4n) is 4.52. The van der Waals surface area contributed by atoms with Crippen LogP contribution in [0.1, 0.15) is 11.1 Å². The van der Waals surface area contributed by atoms with E-state index in [0.717, 1.165) is 27.6 Å². The largest absolute Gasteiger partial charge is 0.462 e. The van der Waals surface area contributed by atoms with Crippen molar-refractivity contribution >= 4 is 10.8 Å². The van der Waals surface area contributed by atoms with Crippen LogP contribution in [0, 0.1) is 6.92 Å². The van der Waals surface area contributed by atoms with Crippen LogP contribution in [0.5, 0.6) is 5.75 Å². The number of aromatic nitrogens is 2. The molecule has 2 aromatic heterocycles. The first kappa shape index (κ1) is 25.1. The summed E-state index contributed by atoms with van der Waals surface area (Å²) in [6.45, 7) is 1.74. The van der Waals surface area contributed by atoms with Gasteiger partial charge in [0.15, 0.2) is 0 Å². The second-order valence-corrected chi connectivity index (χ2v) is 9.20. The lowest BCUT2D eigenvalue weighted by molar-refractivity contribution is -0.277. The number of hydrogen-bond acceptors (Lipinski definition) is 8. The fourth-order valence-corrected chi connectivity index (χ4v) is 4.52. The van der Waals surface area contributed by atoms with Crippen molar-refractivity contribution in [1.29, 1.82) is 0 Å². The van der Waals surface area contributed by atoms with Gasteiger partial charge in [-0.1, -0.05) is 18.2 Å². The van der Waals surface area contributed by atoms with E-state index in [0.29, 0.717) is 17.7 Å². The lowest BCUT2D eigenvalue weighted by Crippen LogP contribution is -2.60.